The van der Waals surface area contributed by atoms with E-state index in [1.807, 2.05) is 25.5 Å². The topological polar surface area (TPSA) is 56.5 Å². The first kappa shape index (κ1) is 13.1. The van der Waals surface area contributed by atoms with Crippen LogP contribution in [0.1, 0.15) is 50.0 Å². The zero-order chi connectivity index (χ0) is 14.1. The predicted octanol–water partition coefficient (Wildman–Crippen LogP) is 2.63. The van der Waals surface area contributed by atoms with Crippen LogP contribution in [-0.4, -0.2) is 26.4 Å². The lowest BCUT2D eigenvalue weighted by Gasteiger charge is -2.27. The number of aromatic nitrogens is 3. The highest BCUT2D eigenvalue weighted by Gasteiger charge is 2.26. The van der Waals surface area contributed by atoms with Crippen LogP contribution in [0.2, 0.25) is 0 Å². The molecule has 0 saturated heterocycles. The quantitative estimate of drug-likeness (QED) is 0.789. The molecule has 0 aromatic carbocycles. The van der Waals surface area contributed by atoms with Gasteiger partial charge in [0.15, 0.2) is 0 Å². The van der Waals surface area contributed by atoms with Crippen molar-refractivity contribution in [3.8, 4) is 0 Å². The fraction of sp³-hybridized carbons (Fsp3) is 0.533. The lowest BCUT2D eigenvalue weighted by atomic mass is 9.87. The third-order valence-corrected chi connectivity index (χ3v) is 4.05. The molecule has 5 heteroatoms. The second kappa shape index (κ2) is 5.23. The van der Waals surface area contributed by atoms with Gasteiger partial charge in [-0.2, -0.15) is 0 Å². The summed E-state index contributed by atoms with van der Waals surface area (Å²) in [6, 6.07) is 0. The van der Waals surface area contributed by atoms with Gasteiger partial charge in [-0.25, -0.2) is 4.98 Å². The van der Waals surface area contributed by atoms with Gasteiger partial charge in [-0.1, -0.05) is 0 Å². The Hall–Kier alpha value is -1.91. The van der Waals surface area contributed by atoms with Gasteiger partial charge in [0.05, 0.1) is 17.4 Å². The summed E-state index contributed by atoms with van der Waals surface area (Å²) in [5.74, 6) is 1.36. The number of rotatable bonds is 2. The molecular weight excluding hydrogens is 254 g/mol. The smallest absolute Gasteiger partial charge is 0.302 e. The Labute approximate surface area is 118 Å². The van der Waals surface area contributed by atoms with Crippen molar-refractivity contribution >= 4 is 11.5 Å². The third-order valence-electron chi connectivity index (χ3n) is 4.05. The Morgan fingerprint density at radius 2 is 2.05 bits per heavy atom. The number of hydrogen-bond donors (Lipinski definition) is 0. The first-order valence-corrected chi connectivity index (χ1v) is 7.11. The molecule has 20 heavy (non-hydrogen) atoms. The minimum Gasteiger partial charge on any atom is -0.463 e. The van der Waals surface area contributed by atoms with Gasteiger partial charge in [-0.3, -0.25) is 9.78 Å². The highest BCUT2D eigenvalue weighted by atomic mass is 16.5. The van der Waals surface area contributed by atoms with Crippen molar-refractivity contribution in [2.75, 3.05) is 0 Å². The maximum atomic E-state index is 11.0. The van der Waals surface area contributed by atoms with Crippen molar-refractivity contribution in [3.63, 3.8) is 0 Å². The van der Waals surface area contributed by atoms with Crippen LogP contribution < -0.4 is 0 Å². The van der Waals surface area contributed by atoms with Gasteiger partial charge in [0.1, 0.15) is 11.9 Å². The molecule has 0 aliphatic heterocycles. The molecule has 2 aromatic heterocycles. The number of aryl methyl sites for hydroxylation is 1. The summed E-state index contributed by atoms with van der Waals surface area (Å²) in [6.45, 7) is 3.47. The van der Waals surface area contributed by atoms with E-state index in [2.05, 4.69) is 14.4 Å². The molecule has 1 aliphatic rings. The van der Waals surface area contributed by atoms with Crippen LogP contribution in [0.15, 0.2) is 18.6 Å². The fourth-order valence-electron chi connectivity index (χ4n) is 3.05. The second-order valence-corrected chi connectivity index (χ2v) is 5.47. The molecule has 2 heterocycles. The normalized spacial score (nSPS) is 22.9. The molecular formula is C15H19N3O2. The lowest BCUT2D eigenvalue weighted by Crippen LogP contribution is -2.23. The maximum absolute atomic E-state index is 11.0. The Bertz CT molecular complexity index is 627. The van der Waals surface area contributed by atoms with E-state index < -0.39 is 0 Å². The van der Waals surface area contributed by atoms with Crippen molar-refractivity contribution < 1.29 is 9.53 Å². The average Bonchev–Trinajstić information content (AvgIpc) is 2.84. The highest BCUT2D eigenvalue weighted by Crippen LogP contribution is 2.33. The third kappa shape index (κ3) is 2.40. The number of ether oxygens (including phenoxy) is 1. The molecule has 0 spiro atoms. The molecule has 0 atom stereocenters. The summed E-state index contributed by atoms with van der Waals surface area (Å²) in [4.78, 5) is 19.9. The van der Waals surface area contributed by atoms with E-state index in [4.69, 9.17) is 4.74 Å². The molecule has 2 aromatic rings. The van der Waals surface area contributed by atoms with Gasteiger partial charge in [-0.15, -0.1) is 0 Å². The van der Waals surface area contributed by atoms with E-state index in [1.54, 1.807) is 0 Å². The molecule has 0 radical (unpaired) electrons. The van der Waals surface area contributed by atoms with Crippen LogP contribution in [0.5, 0.6) is 0 Å². The van der Waals surface area contributed by atoms with E-state index in [1.165, 1.54) is 6.92 Å². The van der Waals surface area contributed by atoms with Gasteiger partial charge in [0.25, 0.3) is 0 Å². The molecule has 0 amide bonds. The standard InChI is InChI=1S/C15H19N3O2/c1-10-14-9-17-15(18(14)8-7-16-10)12-3-5-13(6-4-12)20-11(2)19/h7-9,12-13H,3-6H2,1-2H3/t12-,13-. The Kier molecular flexibility index (Phi) is 3.42. The maximum Gasteiger partial charge on any atom is 0.302 e. The Morgan fingerprint density at radius 3 is 2.75 bits per heavy atom. The highest BCUT2D eigenvalue weighted by molar-refractivity contribution is 5.66. The molecule has 1 aliphatic carbocycles. The lowest BCUT2D eigenvalue weighted by molar-refractivity contribution is -0.147. The van der Waals surface area contributed by atoms with Gasteiger partial charge >= 0.3 is 5.97 Å². The molecule has 106 valence electrons. The Balaban J connectivity index is 1.77. The summed E-state index contributed by atoms with van der Waals surface area (Å²) < 4.78 is 7.43. The molecule has 0 bridgehead atoms. The van der Waals surface area contributed by atoms with E-state index in [-0.39, 0.29) is 12.1 Å². The SMILES string of the molecule is CC(=O)O[C@H]1CC[C@H](c2ncc3c(C)nccn32)CC1. The number of fused-ring (bicyclic) bond motifs is 1. The summed E-state index contributed by atoms with van der Waals surface area (Å²) in [5.41, 5.74) is 2.07. The largest absolute Gasteiger partial charge is 0.463 e. The summed E-state index contributed by atoms with van der Waals surface area (Å²) in [7, 11) is 0. The van der Waals surface area contributed by atoms with Crippen molar-refractivity contribution in [1.29, 1.82) is 0 Å². The number of nitrogens with zero attached hydrogens (tertiary/aromatic N) is 3. The van der Waals surface area contributed by atoms with Crippen molar-refractivity contribution in [2.45, 2.75) is 51.6 Å². The zero-order valence-corrected chi connectivity index (χ0v) is 11.9. The molecule has 5 nitrogen and oxygen atoms in total. The summed E-state index contributed by atoms with van der Waals surface area (Å²) >= 11 is 0. The second-order valence-electron chi connectivity index (χ2n) is 5.47. The van der Waals surface area contributed by atoms with Gasteiger partial charge < -0.3 is 9.14 Å². The number of esters is 1. The van der Waals surface area contributed by atoms with Crippen LogP contribution in [0.3, 0.4) is 0 Å². The number of carbonyl (C=O) groups excluding carboxylic acids is 1. The molecule has 1 fully saturated rings. The average molecular weight is 273 g/mol. The van der Waals surface area contributed by atoms with E-state index >= 15 is 0 Å². The molecule has 3 rings (SSSR count). The number of hydrogen-bond acceptors (Lipinski definition) is 4. The van der Waals surface area contributed by atoms with Crippen LogP contribution in [0.25, 0.3) is 5.52 Å². The first-order valence-electron chi connectivity index (χ1n) is 7.11. The van der Waals surface area contributed by atoms with Crippen LogP contribution in [0.4, 0.5) is 0 Å². The molecule has 1 saturated carbocycles. The van der Waals surface area contributed by atoms with Crippen LogP contribution >= 0.6 is 0 Å². The zero-order valence-electron chi connectivity index (χ0n) is 11.9. The predicted molar refractivity (Wildman–Crippen MR) is 74.5 cm³/mol. The minimum atomic E-state index is -0.179. The van der Waals surface area contributed by atoms with Gasteiger partial charge in [0.2, 0.25) is 0 Å². The number of imidazole rings is 1. The van der Waals surface area contributed by atoms with Gasteiger partial charge in [0, 0.05) is 25.2 Å². The Morgan fingerprint density at radius 1 is 1.30 bits per heavy atom. The van der Waals surface area contributed by atoms with E-state index in [0.29, 0.717) is 5.92 Å². The molecule has 0 unspecified atom stereocenters. The van der Waals surface area contributed by atoms with E-state index in [9.17, 15) is 4.79 Å². The van der Waals surface area contributed by atoms with Crippen molar-refractivity contribution in [3.05, 3.63) is 30.1 Å². The summed E-state index contributed by atoms with van der Waals surface area (Å²) in [5, 5.41) is 0. The number of carbonyl (C=O) groups is 1. The van der Waals surface area contributed by atoms with Crippen LogP contribution in [-0.2, 0) is 9.53 Å². The fourth-order valence-corrected chi connectivity index (χ4v) is 3.05. The van der Waals surface area contributed by atoms with E-state index in [0.717, 1.165) is 42.7 Å². The van der Waals surface area contributed by atoms with Crippen LogP contribution in [0, 0.1) is 6.92 Å². The monoisotopic (exact) mass is 273 g/mol. The van der Waals surface area contributed by atoms with Crippen molar-refractivity contribution in [2.24, 2.45) is 0 Å². The van der Waals surface area contributed by atoms with Gasteiger partial charge in [-0.05, 0) is 32.6 Å². The summed E-state index contributed by atoms with van der Waals surface area (Å²) in [6.07, 6.45) is 9.64. The minimum absolute atomic E-state index is 0.0818. The van der Waals surface area contributed by atoms with Crippen molar-refractivity contribution in [1.82, 2.24) is 14.4 Å². The molecule has 0 N–H and O–H groups in total. The first-order chi connectivity index (χ1) is 9.65.